The number of phenolic OH excluding ortho intramolecular Hbond substituents is 1. The van der Waals surface area contributed by atoms with Gasteiger partial charge in [0.05, 0.1) is 6.04 Å². The molecule has 0 fully saturated rings. The SMILES string of the molecule is C=CCN(CC)C(=O)[C@@H](N)Cc1ccc(O)cc1. The van der Waals surface area contributed by atoms with Crippen molar-refractivity contribution in [1.29, 1.82) is 0 Å². The summed E-state index contributed by atoms with van der Waals surface area (Å²) in [7, 11) is 0. The quantitative estimate of drug-likeness (QED) is 0.746. The minimum atomic E-state index is -0.561. The van der Waals surface area contributed by atoms with E-state index in [1.165, 1.54) is 0 Å². The van der Waals surface area contributed by atoms with Crippen molar-refractivity contribution in [3.63, 3.8) is 0 Å². The van der Waals surface area contributed by atoms with Crippen LogP contribution in [-0.2, 0) is 11.2 Å². The number of carbonyl (C=O) groups excluding carboxylic acids is 1. The van der Waals surface area contributed by atoms with Gasteiger partial charge in [-0.2, -0.15) is 0 Å². The van der Waals surface area contributed by atoms with Gasteiger partial charge in [-0.15, -0.1) is 6.58 Å². The number of nitrogens with zero attached hydrogens (tertiary/aromatic N) is 1. The largest absolute Gasteiger partial charge is 0.508 e. The third-order valence-electron chi connectivity index (χ3n) is 2.75. The Bertz CT molecular complexity index is 401. The lowest BCUT2D eigenvalue weighted by Crippen LogP contribution is -2.44. The molecule has 0 aliphatic rings. The van der Waals surface area contributed by atoms with Crippen molar-refractivity contribution in [2.24, 2.45) is 5.73 Å². The van der Waals surface area contributed by atoms with Gasteiger partial charge in [0.15, 0.2) is 0 Å². The molecule has 0 spiro atoms. The van der Waals surface area contributed by atoms with Crippen molar-refractivity contribution in [1.82, 2.24) is 4.90 Å². The first-order valence-electron chi connectivity index (χ1n) is 6.01. The number of hydrogen-bond acceptors (Lipinski definition) is 3. The van der Waals surface area contributed by atoms with Crippen LogP contribution in [0.2, 0.25) is 0 Å². The van der Waals surface area contributed by atoms with E-state index < -0.39 is 6.04 Å². The molecule has 4 nitrogen and oxygen atoms in total. The Labute approximate surface area is 108 Å². The molecule has 0 saturated heterocycles. The van der Waals surface area contributed by atoms with Crippen LogP contribution < -0.4 is 5.73 Å². The van der Waals surface area contributed by atoms with Crippen LogP contribution in [0.4, 0.5) is 0 Å². The van der Waals surface area contributed by atoms with E-state index in [1.807, 2.05) is 6.92 Å². The highest BCUT2D eigenvalue weighted by Crippen LogP contribution is 2.11. The first-order valence-corrected chi connectivity index (χ1v) is 6.01. The monoisotopic (exact) mass is 248 g/mol. The predicted octanol–water partition coefficient (Wildman–Crippen LogP) is 1.30. The van der Waals surface area contributed by atoms with Crippen LogP contribution in [0.5, 0.6) is 5.75 Å². The molecule has 0 unspecified atom stereocenters. The van der Waals surface area contributed by atoms with Crippen LogP contribution >= 0.6 is 0 Å². The molecular formula is C14H20N2O2. The molecule has 0 heterocycles. The second-order valence-corrected chi connectivity index (χ2v) is 4.14. The minimum absolute atomic E-state index is 0.0783. The van der Waals surface area contributed by atoms with Gasteiger partial charge in [-0.3, -0.25) is 4.79 Å². The second-order valence-electron chi connectivity index (χ2n) is 4.14. The van der Waals surface area contributed by atoms with Crippen LogP contribution in [0.25, 0.3) is 0 Å². The number of hydrogen-bond donors (Lipinski definition) is 2. The van der Waals surface area contributed by atoms with Crippen molar-refractivity contribution in [2.45, 2.75) is 19.4 Å². The van der Waals surface area contributed by atoms with Gasteiger partial charge in [-0.05, 0) is 31.0 Å². The average molecular weight is 248 g/mol. The molecule has 18 heavy (non-hydrogen) atoms. The maximum absolute atomic E-state index is 12.0. The number of benzene rings is 1. The number of likely N-dealkylation sites (N-methyl/N-ethyl adjacent to an activating group) is 1. The molecule has 1 aromatic rings. The van der Waals surface area contributed by atoms with E-state index in [0.29, 0.717) is 19.5 Å². The molecule has 4 heteroatoms. The van der Waals surface area contributed by atoms with Gasteiger partial charge in [0.1, 0.15) is 5.75 Å². The molecule has 0 radical (unpaired) electrons. The van der Waals surface area contributed by atoms with Gasteiger partial charge < -0.3 is 15.7 Å². The number of rotatable bonds is 6. The van der Waals surface area contributed by atoms with Crippen molar-refractivity contribution in [3.05, 3.63) is 42.5 Å². The summed E-state index contributed by atoms with van der Waals surface area (Å²) in [4.78, 5) is 13.7. The van der Waals surface area contributed by atoms with E-state index in [9.17, 15) is 9.90 Å². The summed E-state index contributed by atoms with van der Waals surface area (Å²) in [5, 5.41) is 9.18. The summed E-state index contributed by atoms with van der Waals surface area (Å²) < 4.78 is 0. The fraction of sp³-hybridized carbons (Fsp3) is 0.357. The zero-order valence-corrected chi connectivity index (χ0v) is 10.7. The third-order valence-corrected chi connectivity index (χ3v) is 2.75. The third kappa shape index (κ3) is 3.89. The van der Waals surface area contributed by atoms with E-state index >= 15 is 0 Å². The molecule has 0 aliphatic carbocycles. The Balaban J connectivity index is 2.63. The number of carbonyl (C=O) groups is 1. The number of amides is 1. The zero-order chi connectivity index (χ0) is 13.5. The fourth-order valence-electron chi connectivity index (χ4n) is 1.74. The smallest absolute Gasteiger partial charge is 0.240 e. The molecule has 0 aromatic heterocycles. The van der Waals surface area contributed by atoms with Gasteiger partial charge >= 0.3 is 0 Å². The number of nitrogens with two attached hydrogens (primary N) is 1. The Kier molecular flexibility index (Phi) is 5.39. The summed E-state index contributed by atoms with van der Waals surface area (Å²) in [5.41, 5.74) is 6.84. The predicted molar refractivity (Wildman–Crippen MR) is 72.2 cm³/mol. The van der Waals surface area contributed by atoms with Crippen LogP contribution in [-0.4, -0.2) is 35.0 Å². The van der Waals surface area contributed by atoms with Crippen molar-refractivity contribution >= 4 is 5.91 Å². The highest BCUT2D eigenvalue weighted by Gasteiger charge is 2.19. The van der Waals surface area contributed by atoms with Gasteiger partial charge in [-0.1, -0.05) is 18.2 Å². The maximum Gasteiger partial charge on any atom is 0.240 e. The van der Waals surface area contributed by atoms with Crippen molar-refractivity contribution < 1.29 is 9.90 Å². The van der Waals surface area contributed by atoms with E-state index in [2.05, 4.69) is 6.58 Å². The Morgan fingerprint density at radius 1 is 1.50 bits per heavy atom. The lowest BCUT2D eigenvalue weighted by molar-refractivity contribution is -0.131. The van der Waals surface area contributed by atoms with E-state index in [0.717, 1.165) is 5.56 Å². The first-order chi connectivity index (χ1) is 8.58. The van der Waals surface area contributed by atoms with E-state index in [-0.39, 0.29) is 11.7 Å². The van der Waals surface area contributed by atoms with E-state index in [1.54, 1.807) is 35.2 Å². The number of phenols is 1. The summed E-state index contributed by atoms with van der Waals surface area (Å²) in [6.07, 6.45) is 2.15. The first kappa shape index (κ1) is 14.3. The molecule has 98 valence electrons. The molecule has 1 rings (SSSR count). The minimum Gasteiger partial charge on any atom is -0.508 e. The highest BCUT2D eigenvalue weighted by molar-refractivity contribution is 5.82. The van der Waals surface area contributed by atoms with Crippen LogP contribution in [0.15, 0.2) is 36.9 Å². The molecule has 0 aliphatic heterocycles. The number of aromatic hydroxyl groups is 1. The Hall–Kier alpha value is -1.81. The van der Waals surface area contributed by atoms with Gasteiger partial charge in [0.2, 0.25) is 5.91 Å². The molecule has 1 amide bonds. The molecule has 0 saturated carbocycles. The van der Waals surface area contributed by atoms with Crippen molar-refractivity contribution in [2.75, 3.05) is 13.1 Å². The fourth-order valence-corrected chi connectivity index (χ4v) is 1.74. The highest BCUT2D eigenvalue weighted by atomic mass is 16.3. The van der Waals surface area contributed by atoms with E-state index in [4.69, 9.17) is 5.73 Å². The topological polar surface area (TPSA) is 66.6 Å². The summed E-state index contributed by atoms with van der Waals surface area (Å²) >= 11 is 0. The molecule has 0 bridgehead atoms. The van der Waals surface area contributed by atoms with Gasteiger partial charge in [-0.25, -0.2) is 0 Å². The standard InChI is InChI=1S/C14H20N2O2/c1-3-9-16(4-2)14(18)13(15)10-11-5-7-12(17)8-6-11/h3,5-8,13,17H,1,4,9-10,15H2,2H3/t13-/m0/s1. The normalized spacial score (nSPS) is 11.9. The summed E-state index contributed by atoms with van der Waals surface area (Å²) in [6, 6.07) is 6.16. The van der Waals surface area contributed by atoms with Gasteiger partial charge in [0.25, 0.3) is 0 Å². The molecule has 1 atom stereocenters. The van der Waals surface area contributed by atoms with Crippen molar-refractivity contribution in [3.8, 4) is 5.75 Å². The van der Waals surface area contributed by atoms with Crippen LogP contribution in [0, 0.1) is 0 Å². The molecular weight excluding hydrogens is 228 g/mol. The second kappa shape index (κ2) is 6.81. The maximum atomic E-state index is 12.0. The van der Waals surface area contributed by atoms with Crippen LogP contribution in [0.3, 0.4) is 0 Å². The Morgan fingerprint density at radius 2 is 2.11 bits per heavy atom. The average Bonchev–Trinajstić information content (AvgIpc) is 2.37. The lowest BCUT2D eigenvalue weighted by atomic mass is 10.1. The summed E-state index contributed by atoms with van der Waals surface area (Å²) in [6.45, 7) is 6.66. The molecule has 3 N–H and O–H groups in total. The lowest BCUT2D eigenvalue weighted by Gasteiger charge is -2.23. The Morgan fingerprint density at radius 3 is 2.61 bits per heavy atom. The molecule has 1 aromatic carbocycles. The zero-order valence-electron chi connectivity index (χ0n) is 10.7. The van der Waals surface area contributed by atoms with Crippen LogP contribution in [0.1, 0.15) is 12.5 Å². The van der Waals surface area contributed by atoms with Gasteiger partial charge in [0, 0.05) is 13.1 Å². The summed E-state index contributed by atoms with van der Waals surface area (Å²) in [5.74, 6) is 0.131.